The Hall–Kier alpha value is -3.52. The van der Waals surface area contributed by atoms with E-state index < -0.39 is 5.97 Å². The van der Waals surface area contributed by atoms with Crippen molar-refractivity contribution in [2.45, 2.75) is 19.9 Å². The summed E-state index contributed by atoms with van der Waals surface area (Å²) in [7, 11) is 2.93. The Balaban J connectivity index is 2.01. The van der Waals surface area contributed by atoms with E-state index in [1.807, 2.05) is 31.2 Å². The second kappa shape index (κ2) is 9.09. The van der Waals surface area contributed by atoms with Gasteiger partial charge in [0.25, 0.3) is 0 Å². The van der Waals surface area contributed by atoms with Gasteiger partial charge in [0.2, 0.25) is 5.91 Å². The molecule has 4 N–H and O–H groups in total. The van der Waals surface area contributed by atoms with Crippen LogP contribution in [0.25, 0.3) is 5.70 Å². The Morgan fingerprint density at radius 2 is 1.77 bits per heavy atom. The number of amides is 1. The van der Waals surface area contributed by atoms with Gasteiger partial charge in [-0.3, -0.25) is 4.79 Å². The molecule has 3 rings (SSSR count). The zero-order valence-electron chi connectivity index (χ0n) is 18.2. The summed E-state index contributed by atoms with van der Waals surface area (Å²) in [5.41, 5.74) is 9.45. The van der Waals surface area contributed by atoms with Gasteiger partial charge in [0.1, 0.15) is 5.75 Å². The van der Waals surface area contributed by atoms with Crippen LogP contribution < -0.4 is 21.2 Å². The molecule has 0 saturated carbocycles. The molecule has 1 heterocycles. The minimum atomic E-state index is -0.453. The topological polar surface area (TPSA) is 111 Å². The summed E-state index contributed by atoms with van der Waals surface area (Å²) in [5, 5.41) is 1.54. The zero-order chi connectivity index (χ0) is 22.7. The van der Waals surface area contributed by atoms with E-state index in [2.05, 4.69) is 0 Å². The van der Waals surface area contributed by atoms with Crippen LogP contribution in [-0.4, -0.2) is 37.6 Å². The molecule has 1 aliphatic rings. The number of fused-ring (bicyclic) bond motifs is 1. The number of hydrazine groups is 1. The molecule has 31 heavy (non-hydrogen) atoms. The fraction of sp³-hybridized carbons (Fsp3) is 0.304. The molecule has 0 saturated heterocycles. The smallest absolute Gasteiger partial charge is 0.337 e. The first-order valence-electron chi connectivity index (χ1n) is 9.92. The highest BCUT2D eigenvalue weighted by molar-refractivity contribution is 5.95. The first-order chi connectivity index (χ1) is 14.8. The van der Waals surface area contributed by atoms with E-state index in [0.29, 0.717) is 17.8 Å². The maximum atomic E-state index is 12.2. The summed E-state index contributed by atoms with van der Waals surface area (Å²) >= 11 is 0. The summed E-state index contributed by atoms with van der Waals surface area (Å²) < 4.78 is 10.0. The van der Waals surface area contributed by atoms with Gasteiger partial charge in [-0.05, 0) is 48.0 Å². The van der Waals surface area contributed by atoms with Crippen LogP contribution in [0.1, 0.15) is 41.4 Å². The van der Waals surface area contributed by atoms with Gasteiger partial charge in [-0.2, -0.15) is 0 Å². The van der Waals surface area contributed by atoms with Crippen LogP contribution in [-0.2, 0) is 9.53 Å². The third kappa shape index (κ3) is 4.49. The molecule has 0 fully saturated rings. The normalized spacial score (nSPS) is 18.2. The molecular weight excluding hydrogens is 396 g/mol. The van der Waals surface area contributed by atoms with E-state index in [4.69, 9.17) is 21.1 Å². The predicted molar refractivity (Wildman–Crippen MR) is 119 cm³/mol. The number of hydrogen-bond donors (Lipinski definition) is 2. The zero-order valence-corrected chi connectivity index (χ0v) is 18.2. The first-order valence-corrected chi connectivity index (χ1v) is 9.92. The Bertz CT molecular complexity index is 1000. The Kier molecular flexibility index (Phi) is 6.50. The van der Waals surface area contributed by atoms with Crippen molar-refractivity contribution in [3.8, 4) is 5.75 Å². The van der Waals surface area contributed by atoms with Gasteiger partial charge in [-0.25, -0.2) is 10.6 Å². The number of rotatable bonds is 5. The summed E-state index contributed by atoms with van der Waals surface area (Å²) in [6.07, 6.45) is 1.67. The summed E-state index contributed by atoms with van der Waals surface area (Å²) in [6, 6.07) is 12.2. The number of anilines is 1. The summed E-state index contributed by atoms with van der Waals surface area (Å²) in [5.74, 6) is 6.65. The molecule has 1 amide bonds. The third-order valence-corrected chi connectivity index (χ3v) is 5.48. The Morgan fingerprint density at radius 1 is 1.13 bits per heavy atom. The minimum Gasteiger partial charge on any atom is -0.497 e. The van der Waals surface area contributed by atoms with Crippen molar-refractivity contribution in [3.63, 3.8) is 0 Å². The number of esters is 1. The lowest BCUT2D eigenvalue weighted by atomic mass is 9.86. The van der Waals surface area contributed by atoms with E-state index in [0.717, 1.165) is 22.6 Å². The van der Waals surface area contributed by atoms with Crippen molar-refractivity contribution in [1.82, 2.24) is 5.01 Å². The lowest BCUT2D eigenvalue weighted by Crippen LogP contribution is -2.46. The largest absolute Gasteiger partial charge is 0.497 e. The van der Waals surface area contributed by atoms with Crippen LogP contribution in [0.2, 0.25) is 0 Å². The van der Waals surface area contributed by atoms with Gasteiger partial charge < -0.3 is 25.1 Å². The molecule has 2 aromatic rings. The summed E-state index contributed by atoms with van der Waals surface area (Å²) in [4.78, 5) is 26.0. The fourth-order valence-corrected chi connectivity index (χ4v) is 3.93. The Morgan fingerprint density at radius 3 is 2.35 bits per heavy atom. The highest BCUT2D eigenvalue weighted by atomic mass is 16.5. The molecule has 8 nitrogen and oxygen atoms in total. The van der Waals surface area contributed by atoms with Gasteiger partial charge in [0.05, 0.1) is 31.5 Å². The number of nitrogens with zero attached hydrogens (tertiary/aromatic N) is 2. The lowest BCUT2D eigenvalue weighted by molar-refractivity contribution is -0.116. The molecule has 0 bridgehead atoms. The van der Waals surface area contributed by atoms with Crippen LogP contribution >= 0.6 is 0 Å². The van der Waals surface area contributed by atoms with Crippen LogP contribution in [0.15, 0.2) is 48.7 Å². The number of carbonyl (C=O) groups excluding carboxylic acids is 2. The van der Waals surface area contributed by atoms with Gasteiger partial charge in [0.15, 0.2) is 0 Å². The van der Waals surface area contributed by atoms with Crippen molar-refractivity contribution in [1.29, 1.82) is 0 Å². The molecule has 8 heteroatoms. The molecule has 0 aromatic heterocycles. The highest BCUT2D eigenvalue weighted by Crippen LogP contribution is 2.40. The van der Waals surface area contributed by atoms with Gasteiger partial charge in [0, 0.05) is 36.8 Å². The van der Waals surface area contributed by atoms with Crippen molar-refractivity contribution in [2.24, 2.45) is 17.5 Å². The number of methoxy groups -OCH3 is 2. The number of hydrogen-bond acceptors (Lipinski definition) is 7. The SMILES string of the molecule is COC(=O)c1ccc2c(c1)C(N(N)/C=C(\N)c1ccc(OC)cc1)[C@H](C)CN2C(C)=O. The minimum absolute atomic E-state index is 0.0192. The lowest BCUT2D eigenvalue weighted by Gasteiger charge is -2.42. The molecule has 1 aliphatic heterocycles. The van der Waals surface area contributed by atoms with Crippen molar-refractivity contribution >= 4 is 23.3 Å². The van der Waals surface area contributed by atoms with Crippen LogP contribution in [0.4, 0.5) is 5.69 Å². The van der Waals surface area contributed by atoms with Gasteiger partial charge in [-0.15, -0.1) is 0 Å². The molecule has 164 valence electrons. The predicted octanol–water partition coefficient (Wildman–Crippen LogP) is 2.66. The second-order valence-electron chi connectivity index (χ2n) is 7.58. The van der Waals surface area contributed by atoms with E-state index in [1.54, 1.807) is 41.4 Å². The highest BCUT2D eigenvalue weighted by Gasteiger charge is 2.35. The van der Waals surface area contributed by atoms with Crippen molar-refractivity contribution < 1.29 is 19.1 Å². The molecule has 0 aliphatic carbocycles. The average molecular weight is 425 g/mol. The molecular formula is C23H28N4O4. The number of ether oxygens (including phenoxy) is 2. The summed E-state index contributed by atoms with van der Waals surface area (Å²) in [6.45, 7) is 4.02. The van der Waals surface area contributed by atoms with E-state index in [-0.39, 0.29) is 17.9 Å². The van der Waals surface area contributed by atoms with E-state index >= 15 is 0 Å². The van der Waals surface area contributed by atoms with E-state index in [9.17, 15) is 9.59 Å². The van der Waals surface area contributed by atoms with E-state index in [1.165, 1.54) is 14.0 Å². The number of benzene rings is 2. The van der Waals surface area contributed by atoms with Crippen LogP contribution in [0, 0.1) is 5.92 Å². The van der Waals surface area contributed by atoms with Gasteiger partial charge in [-0.1, -0.05) is 6.92 Å². The first kappa shape index (κ1) is 22.2. The number of nitrogens with two attached hydrogens (primary N) is 2. The molecule has 2 atom stereocenters. The van der Waals surface area contributed by atoms with Crippen molar-refractivity contribution in [2.75, 3.05) is 25.7 Å². The molecule has 2 aromatic carbocycles. The third-order valence-electron chi connectivity index (χ3n) is 5.48. The fourth-order valence-electron chi connectivity index (χ4n) is 3.93. The van der Waals surface area contributed by atoms with Gasteiger partial charge >= 0.3 is 5.97 Å². The quantitative estimate of drug-likeness (QED) is 0.431. The van der Waals surface area contributed by atoms with Crippen molar-refractivity contribution in [3.05, 3.63) is 65.4 Å². The maximum absolute atomic E-state index is 12.2. The standard InChI is InChI=1S/C23H28N4O4/c1-14-12-26(15(2)28)21-10-7-17(23(29)31-4)11-19(21)22(14)27(25)13-20(24)16-5-8-18(30-3)9-6-16/h5-11,13-14,22H,12,24-25H2,1-4H3/b20-13-/t14-,22?/m1/s1. The number of carbonyl (C=O) groups is 2. The second-order valence-corrected chi connectivity index (χ2v) is 7.58. The Labute approximate surface area is 182 Å². The molecule has 0 radical (unpaired) electrons. The molecule has 1 unspecified atom stereocenters. The monoisotopic (exact) mass is 424 g/mol. The van der Waals surface area contributed by atoms with Crippen LogP contribution in [0.3, 0.4) is 0 Å². The van der Waals surface area contributed by atoms with Crippen LogP contribution in [0.5, 0.6) is 5.75 Å². The average Bonchev–Trinajstić information content (AvgIpc) is 2.77. The maximum Gasteiger partial charge on any atom is 0.337 e. The molecule has 0 spiro atoms.